The molecule has 0 spiro atoms. The molecule has 0 saturated carbocycles. The highest BCUT2D eigenvalue weighted by molar-refractivity contribution is 5.95. The molecule has 2 aromatic rings. The first-order chi connectivity index (χ1) is 10.5. The van der Waals surface area contributed by atoms with Gasteiger partial charge < -0.3 is 10.1 Å². The molecular formula is C16H18N4O2. The second-order valence-electron chi connectivity index (χ2n) is 5.45. The van der Waals surface area contributed by atoms with Gasteiger partial charge in [0.1, 0.15) is 12.1 Å². The van der Waals surface area contributed by atoms with E-state index in [1.165, 1.54) is 7.11 Å². The minimum atomic E-state index is -0.565. The van der Waals surface area contributed by atoms with Crippen molar-refractivity contribution in [3.8, 4) is 6.07 Å². The molecule has 114 valence electrons. The van der Waals surface area contributed by atoms with Gasteiger partial charge in [-0.2, -0.15) is 5.26 Å². The molecule has 1 atom stereocenters. The van der Waals surface area contributed by atoms with Gasteiger partial charge in [-0.05, 0) is 25.0 Å². The normalized spacial score (nSPS) is 12.0. The van der Waals surface area contributed by atoms with Gasteiger partial charge in [0.05, 0.1) is 18.3 Å². The number of rotatable bonds is 4. The number of nitrogens with one attached hydrogen (secondary N) is 1. The Morgan fingerprint density at radius 2 is 2.09 bits per heavy atom. The first-order valence-corrected chi connectivity index (χ1v) is 6.99. The van der Waals surface area contributed by atoms with Crippen LogP contribution in [0.4, 0.5) is 5.69 Å². The summed E-state index contributed by atoms with van der Waals surface area (Å²) >= 11 is 0. The van der Waals surface area contributed by atoms with Crippen molar-refractivity contribution in [2.75, 3.05) is 12.4 Å². The van der Waals surface area contributed by atoms with Crippen molar-refractivity contribution in [3.05, 3.63) is 29.5 Å². The maximum Gasteiger partial charge on any atom is 0.328 e. The fraction of sp³-hybridized carbons (Fsp3) is 0.375. The monoisotopic (exact) mass is 298 g/mol. The molecule has 1 aromatic heterocycles. The molecule has 1 heterocycles. The van der Waals surface area contributed by atoms with Gasteiger partial charge in [-0.25, -0.2) is 4.79 Å². The van der Waals surface area contributed by atoms with E-state index in [4.69, 9.17) is 4.74 Å². The molecule has 6 nitrogen and oxygen atoms in total. The molecule has 0 saturated heterocycles. The number of hydrogen-bond donors (Lipinski definition) is 1. The van der Waals surface area contributed by atoms with E-state index < -0.39 is 6.04 Å². The Bertz CT molecular complexity index is 750. The second-order valence-corrected chi connectivity index (χ2v) is 5.45. The van der Waals surface area contributed by atoms with Crippen LogP contribution in [0.25, 0.3) is 10.9 Å². The van der Waals surface area contributed by atoms with Crippen LogP contribution in [0.15, 0.2) is 18.2 Å². The number of carbonyl (C=O) groups excluding carboxylic acids is 1. The molecule has 0 aliphatic heterocycles. The topological polar surface area (TPSA) is 87.9 Å². The van der Waals surface area contributed by atoms with Crippen LogP contribution < -0.4 is 5.32 Å². The summed E-state index contributed by atoms with van der Waals surface area (Å²) in [6.45, 7) is 5.77. The van der Waals surface area contributed by atoms with E-state index in [9.17, 15) is 10.1 Å². The fourth-order valence-corrected chi connectivity index (χ4v) is 2.22. The molecule has 0 aliphatic rings. The average molecular weight is 298 g/mol. The fourth-order valence-electron chi connectivity index (χ4n) is 2.22. The third-order valence-electron chi connectivity index (χ3n) is 3.44. The lowest BCUT2D eigenvalue weighted by molar-refractivity contribution is -0.142. The standard InChI is InChI=1S/C16H18N4O2/c1-9(2)14(16(21)22-4)18-15-11-7-10(3)5-6-12(11)19-20-13(15)8-17/h5-7,9,14H,1-4H3,(H,18,19). The van der Waals surface area contributed by atoms with Gasteiger partial charge in [-0.15, -0.1) is 10.2 Å². The number of nitriles is 1. The number of nitrogens with zero attached hydrogens (tertiary/aromatic N) is 3. The lowest BCUT2D eigenvalue weighted by Gasteiger charge is -2.22. The number of anilines is 1. The van der Waals surface area contributed by atoms with Gasteiger partial charge in [0.25, 0.3) is 0 Å². The van der Waals surface area contributed by atoms with Crippen LogP contribution in [0.1, 0.15) is 25.1 Å². The van der Waals surface area contributed by atoms with Crippen LogP contribution in [0.5, 0.6) is 0 Å². The molecule has 1 aromatic carbocycles. The molecule has 22 heavy (non-hydrogen) atoms. The molecule has 0 amide bonds. The third kappa shape index (κ3) is 2.98. The van der Waals surface area contributed by atoms with Crippen LogP contribution >= 0.6 is 0 Å². The summed E-state index contributed by atoms with van der Waals surface area (Å²) in [6, 6.07) is 7.14. The predicted octanol–water partition coefficient (Wildman–Crippen LogP) is 2.42. The lowest BCUT2D eigenvalue weighted by atomic mass is 10.0. The van der Waals surface area contributed by atoms with E-state index in [2.05, 4.69) is 15.5 Å². The minimum Gasteiger partial charge on any atom is -0.467 e. The Hall–Kier alpha value is -2.68. The molecule has 2 rings (SSSR count). The Morgan fingerprint density at radius 1 is 1.36 bits per heavy atom. The van der Waals surface area contributed by atoms with Gasteiger partial charge in [-0.3, -0.25) is 0 Å². The highest BCUT2D eigenvalue weighted by Crippen LogP contribution is 2.27. The van der Waals surface area contributed by atoms with Gasteiger partial charge >= 0.3 is 5.97 Å². The number of esters is 1. The van der Waals surface area contributed by atoms with Gasteiger partial charge in [0, 0.05) is 5.39 Å². The minimum absolute atomic E-state index is 0.00739. The third-order valence-corrected chi connectivity index (χ3v) is 3.44. The second kappa shape index (κ2) is 6.39. The number of ether oxygens (including phenoxy) is 1. The molecule has 0 bridgehead atoms. The van der Waals surface area contributed by atoms with Gasteiger partial charge in [0.15, 0.2) is 5.69 Å². The van der Waals surface area contributed by atoms with Crippen molar-refractivity contribution in [2.24, 2.45) is 5.92 Å². The summed E-state index contributed by atoms with van der Waals surface area (Å²) in [6.07, 6.45) is 0. The average Bonchev–Trinajstić information content (AvgIpc) is 2.51. The van der Waals surface area contributed by atoms with Crippen LogP contribution in [-0.4, -0.2) is 29.3 Å². The van der Waals surface area contributed by atoms with Crippen LogP contribution in [0, 0.1) is 24.2 Å². The van der Waals surface area contributed by atoms with Crippen molar-refractivity contribution in [1.29, 1.82) is 5.26 Å². The number of aromatic nitrogens is 2. The number of carbonyl (C=O) groups is 1. The molecular weight excluding hydrogens is 280 g/mol. The number of fused-ring (bicyclic) bond motifs is 1. The van der Waals surface area contributed by atoms with Crippen molar-refractivity contribution in [3.63, 3.8) is 0 Å². The van der Waals surface area contributed by atoms with E-state index in [1.54, 1.807) is 0 Å². The highest BCUT2D eigenvalue weighted by Gasteiger charge is 2.25. The van der Waals surface area contributed by atoms with Crippen molar-refractivity contribution in [2.45, 2.75) is 26.8 Å². The van der Waals surface area contributed by atoms with Crippen molar-refractivity contribution in [1.82, 2.24) is 10.2 Å². The number of benzene rings is 1. The summed E-state index contributed by atoms with van der Waals surface area (Å²) < 4.78 is 4.83. The summed E-state index contributed by atoms with van der Waals surface area (Å²) in [7, 11) is 1.34. The van der Waals surface area contributed by atoms with E-state index >= 15 is 0 Å². The van der Waals surface area contributed by atoms with Crippen LogP contribution in [0.3, 0.4) is 0 Å². The van der Waals surface area contributed by atoms with E-state index in [-0.39, 0.29) is 17.6 Å². The maximum atomic E-state index is 12.0. The first kappa shape index (κ1) is 15.7. The molecule has 6 heteroatoms. The Labute approximate surface area is 129 Å². The first-order valence-electron chi connectivity index (χ1n) is 6.99. The molecule has 0 radical (unpaired) electrons. The summed E-state index contributed by atoms with van der Waals surface area (Å²) in [4.78, 5) is 12.0. The lowest BCUT2D eigenvalue weighted by Crippen LogP contribution is -2.36. The van der Waals surface area contributed by atoms with E-state index in [0.29, 0.717) is 11.2 Å². The summed E-state index contributed by atoms with van der Waals surface area (Å²) in [5, 5.41) is 21.1. The molecule has 0 aliphatic carbocycles. The number of hydrogen-bond acceptors (Lipinski definition) is 6. The van der Waals surface area contributed by atoms with Crippen molar-refractivity contribution >= 4 is 22.6 Å². The quantitative estimate of drug-likeness (QED) is 0.872. The largest absolute Gasteiger partial charge is 0.467 e. The van der Waals surface area contributed by atoms with Gasteiger partial charge in [0.2, 0.25) is 0 Å². The van der Waals surface area contributed by atoms with Crippen molar-refractivity contribution < 1.29 is 9.53 Å². The van der Waals surface area contributed by atoms with E-state index in [1.807, 2.05) is 45.0 Å². The molecule has 1 N–H and O–H groups in total. The Morgan fingerprint density at radius 3 is 2.68 bits per heavy atom. The summed E-state index contributed by atoms with van der Waals surface area (Å²) in [5.74, 6) is -0.386. The number of methoxy groups -OCH3 is 1. The predicted molar refractivity (Wildman–Crippen MR) is 83.3 cm³/mol. The zero-order valence-corrected chi connectivity index (χ0v) is 13.0. The van der Waals surface area contributed by atoms with Crippen LogP contribution in [0.2, 0.25) is 0 Å². The zero-order chi connectivity index (χ0) is 16.3. The Kier molecular flexibility index (Phi) is 4.56. The Balaban J connectivity index is 2.59. The maximum absolute atomic E-state index is 12.0. The van der Waals surface area contributed by atoms with Gasteiger partial charge in [-0.1, -0.05) is 25.5 Å². The zero-order valence-electron chi connectivity index (χ0n) is 13.0. The molecule has 1 unspecified atom stereocenters. The smallest absolute Gasteiger partial charge is 0.328 e. The SMILES string of the molecule is COC(=O)C(Nc1c(C#N)nnc2ccc(C)cc12)C(C)C. The van der Waals surface area contributed by atoms with Crippen LogP contribution in [-0.2, 0) is 9.53 Å². The highest BCUT2D eigenvalue weighted by atomic mass is 16.5. The van der Waals surface area contributed by atoms with E-state index in [0.717, 1.165) is 10.9 Å². The summed E-state index contributed by atoms with van der Waals surface area (Å²) in [5.41, 5.74) is 2.37. The number of aryl methyl sites for hydroxylation is 1. The molecule has 0 fully saturated rings.